The summed E-state index contributed by atoms with van der Waals surface area (Å²) in [5.74, 6) is -0.840. The van der Waals surface area contributed by atoms with E-state index >= 15 is 0 Å². The van der Waals surface area contributed by atoms with Crippen LogP contribution in [-0.2, 0) is 29.1 Å². The molecule has 18 heteroatoms. The van der Waals surface area contributed by atoms with Crippen LogP contribution in [-0.4, -0.2) is 68.5 Å². The number of primary sulfonamides is 1. The number of rotatable bonds is 11. The van der Waals surface area contributed by atoms with Crippen molar-refractivity contribution in [3.63, 3.8) is 0 Å². The molecule has 2 aromatic rings. The summed E-state index contributed by atoms with van der Waals surface area (Å²) in [5, 5.41) is 26.2. The van der Waals surface area contributed by atoms with Gasteiger partial charge in [-0.15, -0.1) is 10.2 Å². The average Bonchev–Trinajstić information content (AvgIpc) is 3.48. The van der Waals surface area contributed by atoms with Gasteiger partial charge in [-0.05, 0) is 24.6 Å². The van der Waals surface area contributed by atoms with Crippen molar-refractivity contribution in [2.24, 2.45) is 10.2 Å². The van der Waals surface area contributed by atoms with Crippen LogP contribution in [0.3, 0.4) is 0 Å². The van der Waals surface area contributed by atoms with Gasteiger partial charge in [-0.2, -0.15) is 5.10 Å². The van der Waals surface area contributed by atoms with E-state index in [-0.39, 0.29) is 30.6 Å². The van der Waals surface area contributed by atoms with Gasteiger partial charge in [0.2, 0.25) is 21.3 Å². The highest BCUT2D eigenvalue weighted by Crippen LogP contribution is 2.28. The number of carbonyl (C=O) groups is 3. The predicted molar refractivity (Wildman–Crippen MR) is 137 cm³/mol. The van der Waals surface area contributed by atoms with Crippen molar-refractivity contribution < 1.29 is 27.5 Å². The summed E-state index contributed by atoms with van der Waals surface area (Å²) >= 11 is 12.5. The molecule has 1 aromatic heterocycles. The van der Waals surface area contributed by atoms with Gasteiger partial charge >= 0.3 is 0 Å². The van der Waals surface area contributed by atoms with Crippen LogP contribution < -0.4 is 26.1 Å². The number of hydrazone groups is 1. The number of amidine groups is 1. The lowest BCUT2D eigenvalue weighted by molar-refractivity contribution is -0.129. The SMILES string of the molecule is NS(=O)(=O)c1nnc(NC(=O)COCC(=O)NCCCC(=O)NC2=NN(c3ccc(Cl)c(Cl)c3)CC2)s1. The molecule has 37 heavy (non-hydrogen) atoms. The molecule has 0 fully saturated rings. The fourth-order valence-electron chi connectivity index (χ4n) is 2.90. The third kappa shape index (κ3) is 9.17. The number of benzene rings is 1. The van der Waals surface area contributed by atoms with E-state index in [2.05, 4.69) is 31.2 Å². The molecular weight excluding hydrogens is 571 g/mol. The lowest BCUT2D eigenvalue weighted by atomic mass is 10.3. The van der Waals surface area contributed by atoms with Crippen molar-refractivity contribution in [3.05, 3.63) is 28.2 Å². The fraction of sp³-hybridized carbons (Fsp3) is 0.368. The average molecular weight is 593 g/mol. The van der Waals surface area contributed by atoms with E-state index in [0.717, 1.165) is 5.69 Å². The van der Waals surface area contributed by atoms with Crippen LogP contribution in [0.15, 0.2) is 27.6 Å². The number of nitrogens with two attached hydrogens (primary N) is 1. The van der Waals surface area contributed by atoms with Gasteiger partial charge in [-0.1, -0.05) is 34.5 Å². The Morgan fingerprint density at radius 2 is 1.84 bits per heavy atom. The Balaban J connectivity index is 1.27. The maximum Gasteiger partial charge on any atom is 0.267 e. The van der Waals surface area contributed by atoms with E-state index in [1.165, 1.54) is 0 Å². The number of ether oxygens (including phenoxy) is 1. The number of amides is 3. The summed E-state index contributed by atoms with van der Waals surface area (Å²) in [6, 6.07) is 5.15. The van der Waals surface area contributed by atoms with Crippen LogP contribution in [0.4, 0.5) is 10.8 Å². The van der Waals surface area contributed by atoms with E-state index in [4.69, 9.17) is 33.1 Å². The minimum absolute atomic E-state index is 0.0778. The van der Waals surface area contributed by atoms with Crippen molar-refractivity contribution in [3.8, 4) is 0 Å². The Morgan fingerprint density at radius 1 is 1.08 bits per heavy atom. The standard InChI is InChI=1S/C19H22Cl2N8O6S2/c20-12-4-3-11(8-13(12)21)29-7-5-14(28-29)24-15(30)2-1-6-23-16(31)9-35-10-17(32)25-18-26-27-19(36-18)37(22,33)34/h3-4,8H,1-2,5-7,9-10H2,(H,23,31)(H2,22,33,34)(H,24,28,30)(H,25,26,32). The van der Waals surface area contributed by atoms with Crippen LogP contribution in [0.1, 0.15) is 19.3 Å². The molecule has 14 nitrogen and oxygen atoms in total. The van der Waals surface area contributed by atoms with Crippen LogP contribution in [0.25, 0.3) is 0 Å². The highest BCUT2D eigenvalue weighted by molar-refractivity contribution is 7.91. The molecule has 3 amide bonds. The highest BCUT2D eigenvalue weighted by atomic mass is 35.5. The molecule has 0 saturated heterocycles. The second-order valence-electron chi connectivity index (χ2n) is 7.48. The van der Waals surface area contributed by atoms with Gasteiger partial charge in [0, 0.05) is 25.9 Å². The van der Waals surface area contributed by atoms with Gasteiger partial charge in [0.1, 0.15) is 19.0 Å². The van der Waals surface area contributed by atoms with E-state index < -0.39 is 32.8 Å². The molecule has 1 aliphatic heterocycles. The molecule has 0 bridgehead atoms. The van der Waals surface area contributed by atoms with Gasteiger partial charge in [-0.25, -0.2) is 13.6 Å². The largest absolute Gasteiger partial charge is 0.362 e. The minimum atomic E-state index is -4.02. The number of aromatic nitrogens is 2. The van der Waals surface area contributed by atoms with Crippen molar-refractivity contribution >= 4 is 78.9 Å². The molecule has 0 saturated carbocycles. The molecule has 200 valence electrons. The lowest BCUT2D eigenvalue weighted by Gasteiger charge is -2.13. The molecule has 0 radical (unpaired) electrons. The normalized spacial score (nSPS) is 13.3. The Bertz CT molecular complexity index is 1300. The summed E-state index contributed by atoms with van der Waals surface area (Å²) < 4.78 is 26.9. The van der Waals surface area contributed by atoms with Gasteiger partial charge in [0.15, 0.2) is 0 Å². The maximum absolute atomic E-state index is 12.2. The van der Waals surface area contributed by atoms with Crippen molar-refractivity contribution in [2.45, 2.75) is 23.6 Å². The van der Waals surface area contributed by atoms with Crippen molar-refractivity contribution in [2.75, 3.05) is 36.6 Å². The highest BCUT2D eigenvalue weighted by Gasteiger charge is 2.19. The smallest absolute Gasteiger partial charge is 0.267 e. The van der Waals surface area contributed by atoms with E-state index in [1.807, 2.05) is 0 Å². The van der Waals surface area contributed by atoms with Crippen LogP contribution in [0.5, 0.6) is 0 Å². The van der Waals surface area contributed by atoms with Gasteiger partial charge in [0.25, 0.3) is 15.9 Å². The predicted octanol–water partition coefficient (Wildman–Crippen LogP) is 0.684. The second kappa shape index (κ2) is 13.1. The molecule has 0 atom stereocenters. The van der Waals surface area contributed by atoms with Gasteiger partial charge in [-0.3, -0.25) is 24.7 Å². The minimum Gasteiger partial charge on any atom is -0.362 e. The molecule has 5 N–H and O–H groups in total. The zero-order valence-electron chi connectivity index (χ0n) is 19.1. The first-order valence-corrected chi connectivity index (χ1v) is 13.7. The maximum atomic E-state index is 12.2. The lowest BCUT2D eigenvalue weighted by Crippen LogP contribution is -2.32. The summed E-state index contributed by atoms with van der Waals surface area (Å²) in [6.45, 7) is -0.0508. The monoisotopic (exact) mass is 592 g/mol. The number of sulfonamides is 1. The number of carbonyl (C=O) groups excluding carboxylic acids is 3. The first-order chi connectivity index (χ1) is 17.5. The second-order valence-corrected chi connectivity index (χ2v) is 11.0. The third-order valence-corrected chi connectivity index (χ3v) is 7.44. The number of hydrogen-bond donors (Lipinski definition) is 4. The topological polar surface area (TPSA) is 198 Å². The number of anilines is 2. The van der Waals surface area contributed by atoms with Gasteiger partial charge < -0.3 is 15.4 Å². The summed E-state index contributed by atoms with van der Waals surface area (Å²) in [6.07, 6.45) is 1.10. The van der Waals surface area contributed by atoms with Crippen LogP contribution in [0.2, 0.25) is 10.0 Å². The van der Waals surface area contributed by atoms with Crippen molar-refractivity contribution in [1.82, 2.24) is 20.8 Å². The Labute approximate surface area is 225 Å². The molecular formula is C19H22Cl2N8O6S2. The molecule has 1 aromatic carbocycles. The zero-order valence-corrected chi connectivity index (χ0v) is 22.2. The molecule has 0 unspecified atom stereocenters. The fourth-order valence-corrected chi connectivity index (χ4v) is 4.54. The number of nitrogens with zero attached hydrogens (tertiary/aromatic N) is 4. The molecule has 0 spiro atoms. The van der Waals surface area contributed by atoms with E-state index in [9.17, 15) is 22.8 Å². The molecule has 2 heterocycles. The Morgan fingerprint density at radius 3 is 2.54 bits per heavy atom. The summed E-state index contributed by atoms with van der Waals surface area (Å²) in [7, 11) is -4.02. The number of nitrogens with one attached hydrogen (secondary N) is 3. The Kier molecular flexibility index (Phi) is 10.1. The quantitative estimate of drug-likeness (QED) is 0.214. The first-order valence-electron chi connectivity index (χ1n) is 10.6. The summed E-state index contributed by atoms with van der Waals surface area (Å²) in [5.41, 5.74) is 0.762. The van der Waals surface area contributed by atoms with Crippen molar-refractivity contribution in [1.29, 1.82) is 0 Å². The van der Waals surface area contributed by atoms with Crippen LogP contribution >= 0.6 is 34.5 Å². The van der Waals surface area contributed by atoms with E-state index in [0.29, 0.717) is 46.6 Å². The first kappa shape index (κ1) is 28.7. The zero-order chi connectivity index (χ0) is 27.0. The Hall–Kier alpha value is -2.89. The third-order valence-electron chi connectivity index (χ3n) is 4.55. The molecule has 0 aliphatic carbocycles. The number of halogens is 2. The number of hydrogen-bond acceptors (Lipinski definition) is 11. The summed E-state index contributed by atoms with van der Waals surface area (Å²) in [4.78, 5) is 35.8. The molecule has 1 aliphatic rings. The molecule has 3 rings (SSSR count). The van der Waals surface area contributed by atoms with Crippen LogP contribution in [0, 0.1) is 0 Å². The van der Waals surface area contributed by atoms with Gasteiger partial charge in [0.05, 0.1) is 15.7 Å². The van der Waals surface area contributed by atoms with E-state index in [1.54, 1.807) is 23.2 Å².